The van der Waals surface area contributed by atoms with Gasteiger partial charge < -0.3 is 15.4 Å². The largest absolute Gasteiger partial charge is 0.497 e. The Balaban J connectivity index is 2.09. The standard InChI is InChI=1S/C12H16N2O2/c1-16-10-4-2-9(3-5-10)11-8-12(15)14(11)7-6-13/h2-5,11H,6-8,13H2,1H3. The van der Waals surface area contributed by atoms with Gasteiger partial charge in [0.25, 0.3) is 0 Å². The van der Waals surface area contributed by atoms with Gasteiger partial charge in [0.05, 0.1) is 19.6 Å². The number of likely N-dealkylation sites (tertiary alicyclic amines) is 1. The van der Waals surface area contributed by atoms with E-state index in [4.69, 9.17) is 10.5 Å². The lowest BCUT2D eigenvalue weighted by molar-refractivity contribution is -0.146. The predicted molar refractivity (Wildman–Crippen MR) is 61.1 cm³/mol. The lowest BCUT2D eigenvalue weighted by Gasteiger charge is -2.40. The Morgan fingerprint density at radius 1 is 1.44 bits per heavy atom. The summed E-state index contributed by atoms with van der Waals surface area (Å²) in [4.78, 5) is 13.2. The average molecular weight is 220 g/mol. The molecule has 1 unspecified atom stereocenters. The Hall–Kier alpha value is -1.55. The number of hydrogen-bond donors (Lipinski definition) is 1. The van der Waals surface area contributed by atoms with E-state index in [0.717, 1.165) is 11.3 Å². The molecular weight excluding hydrogens is 204 g/mol. The number of amides is 1. The normalized spacial score (nSPS) is 19.5. The second-order valence-electron chi connectivity index (χ2n) is 3.87. The Bertz CT molecular complexity index is 375. The van der Waals surface area contributed by atoms with Crippen LogP contribution in [0.15, 0.2) is 24.3 Å². The van der Waals surface area contributed by atoms with Crippen molar-refractivity contribution >= 4 is 5.91 Å². The molecule has 2 N–H and O–H groups in total. The number of ether oxygens (including phenoxy) is 1. The van der Waals surface area contributed by atoms with Crippen LogP contribution in [0, 0.1) is 0 Å². The van der Waals surface area contributed by atoms with Gasteiger partial charge in [0.15, 0.2) is 0 Å². The van der Waals surface area contributed by atoms with E-state index in [2.05, 4.69) is 0 Å². The van der Waals surface area contributed by atoms with Crippen molar-refractivity contribution in [1.82, 2.24) is 4.90 Å². The molecule has 1 heterocycles. The highest BCUT2D eigenvalue weighted by Crippen LogP contribution is 2.34. The van der Waals surface area contributed by atoms with Crippen LogP contribution in [-0.4, -0.2) is 31.0 Å². The van der Waals surface area contributed by atoms with Crippen molar-refractivity contribution in [3.63, 3.8) is 0 Å². The highest BCUT2D eigenvalue weighted by Gasteiger charge is 2.36. The topological polar surface area (TPSA) is 55.6 Å². The smallest absolute Gasteiger partial charge is 0.225 e. The van der Waals surface area contributed by atoms with Crippen molar-refractivity contribution in [3.8, 4) is 5.75 Å². The summed E-state index contributed by atoms with van der Waals surface area (Å²) >= 11 is 0. The molecule has 0 aromatic heterocycles. The molecule has 0 spiro atoms. The highest BCUT2D eigenvalue weighted by molar-refractivity contribution is 5.83. The molecule has 0 saturated carbocycles. The monoisotopic (exact) mass is 220 g/mol. The first kappa shape index (κ1) is 11.0. The van der Waals surface area contributed by atoms with Crippen LogP contribution in [0.3, 0.4) is 0 Å². The molecule has 2 rings (SSSR count). The first-order chi connectivity index (χ1) is 7.76. The number of nitrogens with two attached hydrogens (primary N) is 1. The van der Waals surface area contributed by atoms with Crippen LogP contribution in [0.5, 0.6) is 5.75 Å². The van der Waals surface area contributed by atoms with Gasteiger partial charge in [-0.25, -0.2) is 0 Å². The maximum absolute atomic E-state index is 11.4. The maximum Gasteiger partial charge on any atom is 0.225 e. The van der Waals surface area contributed by atoms with Crippen LogP contribution in [-0.2, 0) is 4.79 Å². The van der Waals surface area contributed by atoms with Crippen molar-refractivity contribution in [2.45, 2.75) is 12.5 Å². The van der Waals surface area contributed by atoms with Crippen LogP contribution in [0.2, 0.25) is 0 Å². The number of hydrogen-bond acceptors (Lipinski definition) is 3. The number of nitrogens with zero attached hydrogens (tertiary/aromatic N) is 1. The molecule has 1 atom stereocenters. The van der Waals surface area contributed by atoms with Crippen LogP contribution < -0.4 is 10.5 Å². The zero-order chi connectivity index (χ0) is 11.5. The van der Waals surface area contributed by atoms with Crippen molar-refractivity contribution in [2.24, 2.45) is 5.73 Å². The van der Waals surface area contributed by atoms with Crippen molar-refractivity contribution in [2.75, 3.05) is 20.2 Å². The van der Waals surface area contributed by atoms with Gasteiger partial charge in [-0.2, -0.15) is 0 Å². The molecule has 1 amide bonds. The molecule has 4 nitrogen and oxygen atoms in total. The van der Waals surface area contributed by atoms with E-state index in [1.54, 1.807) is 7.11 Å². The van der Waals surface area contributed by atoms with Gasteiger partial charge in [0.1, 0.15) is 5.75 Å². The number of β-lactam (4-membered cyclic amide) rings is 1. The summed E-state index contributed by atoms with van der Waals surface area (Å²) in [6, 6.07) is 8.03. The second kappa shape index (κ2) is 4.53. The van der Waals surface area contributed by atoms with Gasteiger partial charge in [0.2, 0.25) is 5.91 Å². The molecule has 0 bridgehead atoms. The van der Waals surface area contributed by atoms with Gasteiger partial charge in [-0.15, -0.1) is 0 Å². The first-order valence-electron chi connectivity index (χ1n) is 5.39. The van der Waals surface area contributed by atoms with Crippen molar-refractivity contribution < 1.29 is 9.53 Å². The number of rotatable bonds is 4. The van der Waals surface area contributed by atoms with Crippen LogP contribution in [0.1, 0.15) is 18.0 Å². The zero-order valence-corrected chi connectivity index (χ0v) is 9.35. The Morgan fingerprint density at radius 2 is 2.12 bits per heavy atom. The fourth-order valence-corrected chi connectivity index (χ4v) is 2.00. The van der Waals surface area contributed by atoms with Gasteiger partial charge in [-0.1, -0.05) is 12.1 Å². The van der Waals surface area contributed by atoms with E-state index < -0.39 is 0 Å². The summed E-state index contributed by atoms with van der Waals surface area (Å²) in [6.07, 6.45) is 0.590. The lowest BCUT2D eigenvalue weighted by atomic mass is 9.94. The van der Waals surface area contributed by atoms with E-state index in [9.17, 15) is 4.79 Å². The molecule has 1 aliphatic heterocycles. The molecule has 0 aliphatic carbocycles. The predicted octanol–water partition coefficient (Wildman–Crippen LogP) is 0.927. The summed E-state index contributed by atoms with van der Waals surface area (Å²) in [5.74, 6) is 1.02. The molecule has 86 valence electrons. The molecule has 1 saturated heterocycles. The summed E-state index contributed by atoms with van der Waals surface area (Å²) in [6.45, 7) is 1.15. The number of carbonyl (C=O) groups excluding carboxylic acids is 1. The maximum atomic E-state index is 11.4. The number of carbonyl (C=O) groups is 1. The first-order valence-corrected chi connectivity index (χ1v) is 5.39. The molecule has 1 aliphatic rings. The minimum Gasteiger partial charge on any atom is -0.497 e. The van der Waals surface area contributed by atoms with Crippen molar-refractivity contribution in [3.05, 3.63) is 29.8 Å². The fourth-order valence-electron chi connectivity index (χ4n) is 2.00. The van der Waals surface area contributed by atoms with E-state index >= 15 is 0 Å². The van der Waals surface area contributed by atoms with E-state index in [1.807, 2.05) is 29.2 Å². The summed E-state index contributed by atoms with van der Waals surface area (Å²) in [5.41, 5.74) is 6.62. The van der Waals surface area contributed by atoms with E-state index in [-0.39, 0.29) is 11.9 Å². The Morgan fingerprint density at radius 3 is 2.62 bits per heavy atom. The molecule has 0 radical (unpaired) electrons. The number of benzene rings is 1. The van der Waals surface area contributed by atoms with Gasteiger partial charge in [-0.3, -0.25) is 4.79 Å². The average Bonchev–Trinajstić information content (AvgIpc) is 2.33. The molecule has 16 heavy (non-hydrogen) atoms. The van der Waals surface area contributed by atoms with Gasteiger partial charge in [0, 0.05) is 13.1 Å². The Kier molecular flexibility index (Phi) is 3.10. The summed E-state index contributed by atoms with van der Waals surface area (Å²) in [5, 5.41) is 0. The molecule has 1 fully saturated rings. The minimum atomic E-state index is 0.186. The quantitative estimate of drug-likeness (QED) is 0.768. The Labute approximate surface area is 95.0 Å². The van der Waals surface area contributed by atoms with Gasteiger partial charge in [-0.05, 0) is 17.7 Å². The van der Waals surface area contributed by atoms with E-state index in [0.29, 0.717) is 19.5 Å². The molecule has 1 aromatic rings. The summed E-state index contributed by atoms with van der Waals surface area (Å²) in [7, 11) is 1.64. The zero-order valence-electron chi connectivity index (χ0n) is 9.35. The van der Waals surface area contributed by atoms with Crippen LogP contribution >= 0.6 is 0 Å². The van der Waals surface area contributed by atoms with E-state index in [1.165, 1.54) is 0 Å². The molecule has 1 aromatic carbocycles. The second-order valence-corrected chi connectivity index (χ2v) is 3.87. The van der Waals surface area contributed by atoms with Gasteiger partial charge >= 0.3 is 0 Å². The van der Waals surface area contributed by atoms with Crippen LogP contribution in [0.4, 0.5) is 0 Å². The molecular formula is C12H16N2O2. The number of methoxy groups -OCH3 is 1. The lowest BCUT2D eigenvalue weighted by Crippen LogP contribution is -2.48. The fraction of sp³-hybridized carbons (Fsp3) is 0.417. The van der Waals surface area contributed by atoms with Crippen molar-refractivity contribution in [1.29, 1.82) is 0 Å². The van der Waals surface area contributed by atoms with Crippen LogP contribution in [0.25, 0.3) is 0 Å². The third-order valence-corrected chi connectivity index (χ3v) is 2.94. The SMILES string of the molecule is COc1ccc(C2CC(=O)N2CCN)cc1. The third kappa shape index (κ3) is 1.88. The summed E-state index contributed by atoms with van der Waals surface area (Å²) < 4.78 is 5.10. The molecule has 4 heteroatoms. The third-order valence-electron chi connectivity index (χ3n) is 2.94. The minimum absolute atomic E-state index is 0.186. The highest BCUT2D eigenvalue weighted by atomic mass is 16.5.